The molecule has 2 rings (SSSR count). The van der Waals surface area contributed by atoms with Crippen LogP contribution in [0.5, 0.6) is 5.75 Å². The maximum atomic E-state index is 13.4. The first-order chi connectivity index (χ1) is 7.18. The lowest BCUT2D eigenvalue weighted by Gasteiger charge is -2.29. The molecule has 1 heterocycles. The Kier molecular flexibility index (Phi) is 2.75. The van der Waals surface area contributed by atoms with Gasteiger partial charge in [0.05, 0.1) is 5.69 Å². The molecule has 1 N–H and O–H groups in total. The summed E-state index contributed by atoms with van der Waals surface area (Å²) in [6, 6.07) is 1.90. The number of halogens is 2. The van der Waals surface area contributed by atoms with Gasteiger partial charge in [0.1, 0.15) is 5.82 Å². The Hall–Kier alpha value is -1.32. The number of phenols is 1. The number of hydrogen-bond donors (Lipinski definition) is 1. The number of hydrogen-bond acceptors (Lipinski definition) is 2. The number of nitrogens with zero attached hydrogens (tertiary/aromatic N) is 1. The van der Waals surface area contributed by atoms with Crippen molar-refractivity contribution in [2.75, 3.05) is 18.0 Å². The van der Waals surface area contributed by atoms with Crippen LogP contribution in [0.25, 0.3) is 0 Å². The summed E-state index contributed by atoms with van der Waals surface area (Å²) in [6.45, 7) is 1.53. The van der Waals surface area contributed by atoms with E-state index in [-0.39, 0.29) is 0 Å². The Labute approximate surface area is 87.1 Å². The second-order valence-electron chi connectivity index (χ2n) is 3.80. The van der Waals surface area contributed by atoms with Gasteiger partial charge in [0, 0.05) is 25.2 Å². The highest BCUT2D eigenvalue weighted by atomic mass is 19.1. The van der Waals surface area contributed by atoms with Gasteiger partial charge in [0.2, 0.25) is 0 Å². The first-order valence-electron chi connectivity index (χ1n) is 5.11. The molecule has 0 saturated carbocycles. The van der Waals surface area contributed by atoms with E-state index in [1.807, 2.05) is 4.90 Å². The molecule has 1 aromatic rings. The largest absolute Gasteiger partial charge is 0.505 e. The average Bonchev–Trinajstić information content (AvgIpc) is 2.25. The molecule has 0 atom stereocenters. The van der Waals surface area contributed by atoms with E-state index in [1.165, 1.54) is 0 Å². The summed E-state index contributed by atoms with van der Waals surface area (Å²) < 4.78 is 26.2. The third kappa shape index (κ3) is 2.03. The summed E-state index contributed by atoms with van der Waals surface area (Å²) >= 11 is 0. The van der Waals surface area contributed by atoms with E-state index in [9.17, 15) is 13.9 Å². The van der Waals surface area contributed by atoms with Crippen molar-refractivity contribution in [1.82, 2.24) is 0 Å². The minimum atomic E-state index is -0.909. The van der Waals surface area contributed by atoms with E-state index in [0.29, 0.717) is 5.69 Å². The van der Waals surface area contributed by atoms with Gasteiger partial charge in [-0.05, 0) is 19.3 Å². The standard InChI is InChI=1S/C11H13F2NO/c12-8-6-9(13)11(15)7-10(8)14-4-2-1-3-5-14/h6-7,15H,1-5H2. The van der Waals surface area contributed by atoms with Crippen LogP contribution in [0.2, 0.25) is 0 Å². The van der Waals surface area contributed by atoms with E-state index in [0.717, 1.165) is 44.5 Å². The maximum absolute atomic E-state index is 13.4. The van der Waals surface area contributed by atoms with E-state index in [1.54, 1.807) is 0 Å². The summed E-state index contributed by atoms with van der Waals surface area (Å²) in [4.78, 5) is 1.85. The Morgan fingerprint density at radius 1 is 1.00 bits per heavy atom. The quantitative estimate of drug-likeness (QED) is 0.775. The highest BCUT2D eigenvalue weighted by Crippen LogP contribution is 2.28. The van der Waals surface area contributed by atoms with Crippen LogP contribution in [0.4, 0.5) is 14.5 Å². The minimum absolute atomic E-state index is 0.300. The number of rotatable bonds is 1. The molecule has 82 valence electrons. The zero-order valence-electron chi connectivity index (χ0n) is 8.34. The molecule has 1 saturated heterocycles. The van der Waals surface area contributed by atoms with Crippen LogP contribution in [0.3, 0.4) is 0 Å². The molecule has 1 aliphatic rings. The van der Waals surface area contributed by atoms with Crippen LogP contribution in [0.15, 0.2) is 12.1 Å². The van der Waals surface area contributed by atoms with Crippen LogP contribution < -0.4 is 4.90 Å². The van der Waals surface area contributed by atoms with Gasteiger partial charge in [-0.2, -0.15) is 0 Å². The van der Waals surface area contributed by atoms with E-state index in [4.69, 9.17) is 0 Å². The van der Waals surface area contributed by atoms with Crippen LogP contribution in [-0.2, 0) is 0 Å². The van der Waals surface area contributed by atoms with E-state index >= 15 is 0 Å². The number of aromatic hydroxyl groups is 1. The smallest absolute Gasteiger partial charge is 0.167 e. The van der Waals surface area contributed by atoms with Crippen molar-refractivity contribution < 1.29 is 13.9 Å². The molecule has 2 nitrogen and oxygen atoms in total. The van der Waals surface area contributed by atoms with Crippen LogP contribution >= 0.6 is 0 Å². The number of anilines is 1. The van der Waals surface area contributed by atoms with Crippen molar-refractivity contribution in [1.29, 1.82) is 0 Å². The molecular formula is C11H13F2NO. The van der Waals surface area contributed by atoms with Crippen molar-refractivity contribution in [2.24, 2.45) is 0 Å². The first kappa shape index (κ1) is 10.2. The lowest BCUT2D eigenvalue weighted by molar-refractivity contribution is 0.427. The highest BCUT2D eigenvalue weighted by Gasteiger charge is 2.17. The van der Waals surface area contributed by atoms with Gasteiger partial charge in [-0.3, -0.25) is 0 Å². The Bertz CT molecular complexity index is 362. The summed E-state index contributed by atoms with van der Waals surface area (Å²) in [6.07, 6.45) is 3.17. The van der Waals surface area contributed by atoms with Crippen LogP contribution in [0.1, 0.15) is 19.3 Å². The average molecular weight is 213 g/mol. The van der Waals surface area contributed by atoms with Crippen LogP contribution in [0, 0.1) is 11.6 Å². The Morgan fingerprint density at radius 3 is 2.33 bits per heavy atom. The topological polar surface area (TPSA) is 23.5 Å². The molecule has 4 heteroatoms. The summed E-state index contributed by atoms with van der Waals surface area (Å²) in [7, 11) is 0. The zero-order chi connectivity index (χ0) is 10.8. The SMILES string of the molecule is Oc1cc(N2CCCCC2)c(F)cc1F. The zero-order valence-corrected chi connectivity index (χ0v) is 8.34. The molecule has 1 aromatic carbocycles. The predicted molar refractivity (Wildman–Crippen MR) is 54.1 cm³/mol. The third-order valence-corrected chi connectivity index (χ3v) is 2.71. The molecule has 1 fully saturated rings. The van der Waals surface area contributed by atoms with Crippen molar-refractivity contribution in [3.63, 3.8) is 0 Å². The normalized spacial score (nSPS) is 16.8. The summed E-state index contributed by atoms with van der Waals surface area (Å²) in [5, 5.41) is 9.19. The first-order valence-corrected chi connectivity index (χ1v) is 5.11. The van der Waals surface area contributed by atoms with E-state index in [2.05, 4.69) is 0 Å². The molecular weight excluding hydrogens is 200 g/mol. The lowest BCUT2D eigenvalue weighted by Crippen LogP contribution is -2.30. The molecule has 0 amide bonds. The van der Waals surface area contributed by atoms with Gasteiger partial charge in [-0.25, -0.2) is 8.78 Å². The van der Waals surface area contributed by atoms with Gasteiger partial charge >= 0.3 is 0 Å². The fourth-order valence-electron chi connectivity index (χ4n) is 1.90. The number of piperidine rings is 1. The minimum Gasteiger partial charge on any atom is -0.505 e. The fourth-order valence-corrected chi connectivity index (χ4v) is 1.90. The second kappa shape index (κ2) is 4.04. The maximum Gasteiger partial charge on any atom is 0.167 e. The second-order valence-corrected chi connectivity index (χ2v) is 3.80. The predicted octanol–water partition coefficient (Wildman–Crippen LogP) is 2.66. The van der Waals surface area contributed by atoms with Gasteiger partial charge in [-0.15, -0.1) is 0 Å². The van der Waals surface area contributed by atoms with E-state index < -0.39 is 17.4 Å². The molecule has 0 spiro atoms. The van der Waals surface area contributed by atoms with Crippen molar-refractivity contribution in [2.45, 2.75) is 19.3 Å². The molecule has 15 heavy (non-hydrogen) atoms. The van der Waals surface area contributed by atoms with Crippen molar-refractivity contribution >= 4 is 5.69 Å². The number of phenolic OH excluding ortho intramolecular Hbond substituents is 1. The number of benzene rings is 1. The molecule has 1 aliphatic heterocycles. The summed E-state index contributed by atoms with van der Waals surface area (Å²) in [5.41, 5.74) is 0.300. The monoisotopic (exact) mass is 213 g/mol. The third-order valence-electron chi connectivity index (χ3n) is 2.71. The fraction of sp³-hybridized carbons (Fsp3) is 0.455. The van der Waals surface area contributed by atoms with Gasteiger partial charge < -0.3 is 10.0 Å². The van der Waals surface area contributed by atoms with Gasteiger partial charge in [0.15, 0.2) is 11.6 Å². The van der Waals surface area contributed by atoms with Crippen molar-refractivity contribution in [3.05, 3.63) is 23.8 Å². The summed E-state index contributed by atoms with van der Waals surface area (Å²) in [5.74, 6) is -2.00. The van der Waals surface area contributed by atoms with Crippen molar-refractivity contribution in [3.8, 4) is 5.75 Å². The molecule has 0 aromatic heterocycles. The van der Waals surface area contributed by atoms with Crippen LogP contribution in [-0.4, -0.2) is 18.2 Å². The molecule has 0 aliphatic carbocycles. The van der Waals surface area contributed by atoms with Gasteiger partial charge in [-0.1, -0.05) is 0 Å². The highest BCUT2D eigenvalue weighted by molar-refractivity contribution is 5.52. The van der Waals surface area contributed by atoms with Gasteiger partial charge in [0.25, 0.3) is 0 Å². The Morgan fingerprint density at radius 2 is 1.67 bits per heavy atom. The molecule has 0 bridgehead atoms. The Balaban J connectivity index is 2.30. The molecule has 0 radical (unpaired) electrons. The molecule has 0 unspecified atom stereocenters. The lowest BCUT2D eigenvalue weighted by atomic mass is 10.1.